The van der Waals surface area contributed by atoms with Crippen LogP contribution in [0.15, 0.2) is 47.4 Å². The van der Waals surface area contributed by atoms with Crippen LogP contribution in [0.1, 0.15) is 29.1 Å². The maximum absolute atomic E-state index is 13.8. The second-order valence-corrected chi connectivity index (χ2v) is 10.9. The molecule has 0 bridgehead atoms. The summed E-state index contributed by atoms with van der Waals surface area (Å²) < 4.78 is 41.7. The Balaban J connectivity index is 1.60. The minimum atomic E-state index is -3.97. The molecule has 1 aliphatic rings. The van der Waals surface area contributed by atoms with Crippen LogP contribution in [0.2, 0.25) is 5.02 Å². The van der Waals surface area contributed by atoms with Crippen LogP contribution >= 0.6 is 11.6 Å². The highest BCUT2D eigenvalue weighted by Crippen LogP contribution is 2.30. The summed E-state index contributed by atoms with van der Waals surface area (Å²) in [6.45, 7) is 5.01. The quantitative estimate of drug-likeness (QED) is 0.343. The van der Waals surface area contributed by atoms with Crippen molar-refractivity contribution in [3.63, 3.8) is 0 Å². The van der Waals surface area contributed by atoms with Crippen molar-refractivity contribution >= 4 is 33.1 Å². The maximum atomic E-state index is 13.8. The molecular weight excluding hydrogens is 509 g/mol. The lowest BCUT2D eigenvalue weighted by atomic mass is 10.0. The third-order valence-corrected chi connectivity index (χ3v) is 8.29. The minimum absolute atomic E-state index is 0.124. The van der Waals surface area contributed by atoms with E-state index in [1.807, 2.05) is 17.9 Å². The van der Waals surface area contributed by atoms with Gasteiger partial charge in [-0.15, -0.1) is 0 Å². The number of rotatable bonds is 6. The van der Waals surface area contributed by atoms with E-state index in [2.05, 4.69) is 9.97 Å². The van der Waals surface area contributed by atoms with Crippen molar-refractivity contribution < 1.29 is 17.7 Å². The Kier molecular flexibility index (Phi) is 7.53. The fourth-order valence-corrected chi connectivity index (χ4v) is 6.00. The molecule has 12 heteroatoms. The van der Waals surface area contributed by atoms with Crippen molar-refractivity contribution in [2.75, 3.05) is 31.1 Å². The first kappa shape index (κ1) is 25.9. The van der Waals surface area contributed by atoms with Gasteiger partial charge in [0, 0.05) is 49.9 Å². The van der Waals surface area contributed by atoms with E-state index in [0.29, 0.717) is 37.6 Å². The van der Waals surface area contributed by atoms with E-state index in [4.69, 9.17) is 11.6 Å². The number of hydrogen-bond acceptors (Lipinski definition) is 7. The molecule has 0 saturated carbocycles. The van der Waals surface area contributed by atoms with Gasteiger partial charge in [0.15, 0.2) is 0 Å². The lowest BCUT2D eigenvalue weighted by Gasteiger charge is -2.26. The molecule has 1 saturated heterocycles. The zero-order chi connectivity index (χ0) is 26.0. The molecule has 0 N–H and O–H groups in total. The van der Waals surface area contributed by atoms with E-state index >= 15 is 0 Å². The third kappa shape index (κ3) is 5.48. The minimum Gasteiger partial charge on any atom is -0.355 e. The van der Waals surface area contributed by atoms with Crippen molar-refractivity contribution in [2.45, 2.75) is 31.6 Å². The number of aryl methyl sites for hydroxylation is 2. The Morgan fingerprint density at radius 1 is 1.08 bits per heavy atom. The van der Waals surface area contributed by atoms with Crippen LogP contribution in [-0.2, 0) is 16.4 Å². The first-order valence-corrected chi connectivity index (χ1v) is 13.2. The standard InChI is InChI=1S/C24H25ClFN5O4S/c1-16-21(14-18-5-3-6-19(26)13-18)24(28-17(2)27-16)29-9-4-10-30(12-11-29)36(34,35)20-7-8-22(25)23(15-20)31(32)33/h3,5-8,13,15H,4,9-12,14H2,1-2H3. The van der Waals surface area contributed by atoms with E-state index in [1.165, 1.54) is 28.6 Å². The number of benzene rings is 2. The number of nitrogens with zero attached hydrogens (tertiary/aromatic N) is 5. The van der Waals surface area contributed by atoms with E-state index in [1.54, 1.807) is 13.0 Å². The van der Waals surface area contributed by atoms with Crippen molar-refractivity contribution in [2.24, 2.45) is 0 Å². The van der Waals surface area contributed by atoms with Gasteiger partial charge in [-0.1, -0.05) is 23.7 Å². The van der Waals surface area contributed by atoms with Crippen LogP contribution in [0.3, 0.4) is 0 Å². The van der Waals surface area contributed by atoms with Crippen molar-refractivity contribution in [1.82, 2.24) is 14.3 Å². The predicted octanol–water partition coefficient (Wildman–Crippen LogP) is 4.29. The topological polar surface area (TPSA) is 110 Å². The van der Waals surface area contributed by atoms with Crippen LogP contribution in [-0.4, -0.2) is 53.8 Å². The molecule has 3 aromatic rings. The molecule has 4 rings (SSSR count). The molecule has 0 aliphatic carbocycles. The summed E-state index contributed by atoms with van der Waals surface area (Å²) in [4.78, 5) is 21.5. The zero-order valence-corrected chi connectivity index (χ0v) is 21.4. The molecule has 0 amide bonds. The van der Waals surface area contributed by atoms with E-state index in [0.717, 1.165) is 22.9 Å². The first-order valence-electron chi connectivity index (χ1n) is 11.3. The Bertz CT molecular complexity index is 1420. The average Bonchev–Trinajstić information content (AvgIpc) is 3.07. The van der Waals surface area contributed by atoms with Crippen LogP contribution < -0.4 is 4.90 Å². The average molecular weight is 534 g/mol. The van der Waals surface area contributed by atoms with Gasteiger partial charge in [0.1, 0.15) is 22.5 Å². The molecule has 0 radical (unpaired) electrons. The molecule has 0 spiro atoms. The largest absolute Gasteiger partial charge is 0.355 e. The van der Waals surface area contributed by atoms with Gasteiger partial charge in [-0.3, -0.25) is 10.1 Å². The fraction of sp³-hybridized carbons (Fsp3) is 0.333. The Hall–Kier alpha value is -3.15. The number of anilines is 1. The second kappa shape index (κ2) is 10.5. The number of hydrogen-bond donors (Lipinski definition) is 0. The van der Waals surface area contributed by atoms with Gasteiger partial charge in [-0.05, 0) is 50.1 Å². The van der Waals surface area contributed by atoms with Gasteiger partial charge in [-0.25, -0.2) is 22.8 Å². The molecule has 1 aliphatic heterocycles. The van der Waals surface area contributed by atoms with Crippen molar-refractivity contribution in [1.29, 1.82) is 0 Å². The second-order valence-electron chi connectivity index (χ2n) is 8.58. The van der Waals surface area contributed by atoms with E-state index < -0.39 is 20.6 Å². The van der Waals surface area contributed by atoms with Gasteiger partial charge in [0.05, 0.1) is 9.82 Å². The lowest BCUT2D eigenvalue weighted by molar-refractivity contribution is -0.384. The third-order valence-electron chi connectivity index (χ3n) is 6.08. The number of sulfonamides is 1. The molecule has 190 valence electrons. The van der Waals surface area contributed by atoms with Crippen molar-refractivity contribution in [3.05, 3.63) is 86.1 Å². The normalized spacial score (nSPS) is 15.1. The monoisotopic (exact) mass is 533 g/mol. The molecule has 1 fully saturated rings. The summed E-state index contributed by atoms with van der Waals surface area (Å²) in [5, 5.41) is 11.1. The SMILES string of the molecule is Cc1nc(C)c(Cc2cccc(F)c2)c(N2CCCN(S(=O)(=O)c3ccc(Cl)c([N+](=O)[O-])c3)CC2)n1. The number of nitro groups is 1. The first-order chi connectivity index (χ1) is 17.1. The molecule has 36 heavy (non-hydrogen) atoms. The van der Waals surface area contributed by atoms with Crippen LogP contribution in [0.25, 0.3) is 0 Å². The Labute approximate surface area is 213 Å². The van der Waals surface area contributed by atoms with Gasteiger partial charge in [0.2, 0.25) is 10.0 Å². The Morgan fingerprint density at radius 3 is 2.58 bits per heavy atom. The number of halogens is 2. The summed E-state index contributed by atoms with van der Waals surface area (Å²) in [6.07, 6.45) is 0.961. The number of aromatic nitrogens is 2. The molecule has 0 unspecified atom stereocenters. The molecule has 0 atom stereocenters. The highest BCUT2D eigenvalue weighted by Gasteiger charge is 2.30. The van der Waals surface area contributed by atoms with E-state index in [9.17, 15) is 22.9 Å². The summed E-state index contributed by atoms with van der Waals surface area (Å²) in [5.41, 5.74) is 1.97. The van der Waals surface area contributed by atoms with E-state index in [-0.39, 0.29) is 28.8 Å². The highest BCUT2D eigenvalue weighted by molar-refractivity contribution is 7.89. The molecule has 1 aromatic heterocycles. The highest BCUT2D eigenvalue weighted by atomic mass is 35.5. The van der Waals surface area contributed by atoms with Gasteiger partial charge in [-0.2, -0.15) is 4.31 Å². The molecule has 2 heterocycles. The van der Waals surface area contributed by atoms with Gasteiger partial charge in [0.25, 0.3) is 5.69 Å². The zero-order valence-electron chi connectivity index (χ0n) is 19.8. The maximum Gasteiger partial charge on any atom is 0.289 e. The van der Waals surface area contributed by atoms with Gasteiger partial charge < -0.3 is 4.90 Å². The molecular formula is C24H25ClFN5O4S. The summed E-state index contributed by atoms with van der Waals surface area (Å²) >= 11 is 5.86. The van der Waals surface area contributed by atoms with Gasteiger partial charge >= 0.3 is 0 Å². The molecule has 9 nitrogen and oxygen atoms in total. The Morgan fingerprint density at radius 2 is 1.86 bits per heavy atom. The summed E-state index contributed by atoms with van der Waals surface area (Å²) in [6, 6.07) is 9.86. The predicted molar refractivity (Wildman–Crippen MR) is 134 cm³/mol. The molecule has 2 aromatic carbocycles. The smallest absolute Gasteiger partial charge is 0.289 e. The van der Waals surface area contributed by atoms with Crippen LogP contribution in [0.4, 0.5) is 15.9 Å². The van der Waals surface area contributed by atoms with Crippen molar-refractivity contribution in [3.8, 4) is 0 Å². The summed E-state index contributed by atoms with van der Waals surface area (Å²) in [7, 11) is -3.97. The number of nitro benzene ring substituents is 1. The fourth-order valence-electron chi connectivity index (χ4n) is 4.33. The van der Waals surface area contributed by atoms with Crippen LogP contribution in [0.5, 0.6) is 0 Å². The van der Waals surface area contributed by atoms with Crippen LogP contribution in [0, 0.1) is 29.8 Å². The summed E-state index contributed by atoms with van der Waals surface area (Å²) in [5.74, 6) is 0.969. The lowest BCUT2D eigenvalue weighted by Crippen LogP contribution is -2.35.